The lowest BCUT2D eigenvalue weighted by molar-refractivity contribution is 0.0561. The molecule has 2 amide bonds. The van der Waals surface area contributed by atoms with Gasteiger partial charge < -0.3 is 24.6 Å². The summed E-state index contributed by atoms with van der Waals surface area (Å²) in [5.41, 5.74) is -0.999. The molecule has 0 aromatic heterocycles. The second kappa shape index (κ2) is 11.6. The molecule has 0 aliphatic heterocycles. The van der Waals surface area contributed by atoms with Crippen molar-refractivity contribution in [3.63, 3.8) is 0 Å². The molecule has 0 aliphatic rings. The Morgan fingerprint density at radius 3 is 2.08 bits per heavy atom. The van der Waals surface area contributed by atoms with Crippen LogP contribution in [0.1, 0.15) is 57.5 Å². The number of aliphatic hydroxyl groups is 1. The molecule has 0 radical (unpaired) electrons. The molecule has 11 heteroatoms. The molecule has 2 aromatic carbocycles. The molecule has 10 nitrogen and oxygen atoms in total. The third-order valence-electron chi connectivity index (χ3n) is 4.00. The van der Waals surface area contributed by atoms with E-state index in [-0.39, 0.29) is 22.8 Å². The van der Waals surface area contributed by atoms with Crippen LogP contribution in [-0.2, 0) is 16.1 Å². The SMILES string of the molecule is CC(C)(C)OC(=O)N=C(NC(=O)OC(C)(C)C)Nc1ccc(C(=O)Oc2ccc(CO)c(F)c2)cc1. The van der Waals surface area contributed by atoms with E-state index >= 15 is 0 Å². The number of ether oxygens (including phenoxy) is 3. The average molecular weight is 504 g/mol. The fraction of sp³-hybridized carbons (Fsp3) is 0.360. The topological polar surface area (TPSA) is 136 Å². The molecule has 0 unspecified atom stereocenters. The van der Waals surface area contributed by atoms with E-state index in [2.05, 4.69) is 15.6 Å². The van der Waals surface area contributed by atoms with Gasteiger partial charge in [0, 0.05) is 17.3 Å². The number of aliphatic imine (C=N–C) groups is 1. The van der Waals surface area contributed by atoms with E-state index in [1.807, 2.05) is 0 Å². The molecule has 3 N–H and O–H groups in total. The Balaban J connectivity index is 2.15. The molecule has 0 saturated carbocycles. The third kappa shape index (κ3) is 9.71. The predicted octanol–water partition coefficient (Wildman–Crippen LogP) is 4.76. The standard InChI is InChI=1S/C25H30FN3O7/c1-24(2,3)35-22(32)28-21(29-23(33)36-25(4,5)6)27-17-10-7-15(8-11-17)20(31)34-18-12-9-16(14-30)19(26)13-18/h7-13,30H,14H2,1-6H3,(H2,27,28,29,32,33). The number of esters is 1. The van der Waals surface area contributed by atoms with E-state index in [9.17, 15) is 18.8 Å². The van der Waals surface area contributed by atoms with Gasteiger partial charge in [0.15, 0.2) is 0 Å². The van der Waals surface area contributed by atoms with Crippen molar-refractivity contribution in [3.05, 3.63) is 59.4 Å². The van der Waals surface area contributed by atoms with Crippen molar-refractivity contribution in [2.45, 2.75) is 59.4 Å². The van der Waals surface area contributed by atoms with Crippen LogP contribution in [0.15, 0.2) is 47.5 Å². The first-order valence-electron chi connectivity index (χ1n) is 11.0. The summed E-state index contributed by atoms with van der Waals surface area (Å²) in [6.45, 7) is 9.57. The minimum atomic E-state index is -0.944. The van der Waals surface area contributed by atoms with Gasteiger partial charge in [0.1, 0.15) is 22.8 Å². The van der Waals surface area contributed by atoms with Crippen LogP contribution in [0.4, 0.5) is 19.7 Å². The van der Waals surface area contributed by atoms with Gasteiger partial charge in [-0.1, -0.05) is 6.07 Å². The number of anilines is 1. The number of halogens is 1. The first-order valence-corrected chi connectivity index (χ1v) is 11.0. The van der Waals surface area contributed by atoms with E-state index < -0.39 is 41.8 Å². The predicted molar refractivity (Wildman–Crippen MR) is 130 cm³/mol. The number of hydrogen-bond donors (Lipinski definition) is 3. The lowest BCUT2D eigenvalue weighted by atomic mass is 10.2. The van der Waals surface area contributed by atoms with Crippen molar-refractivity contribution < 1.29 is 38.1 Å². The average Bonchev–Trinajstić information content (AvgIpc) is 2.71. The molecule has 2 rings (SSSR count). The summed E-state index contributed by atoms with van der Waals surface area (Å²) in [6.07, 6.45) is -1.79. The summed E-state index contributed by atoms with van der Waals surface area (Å²) >= 11 is 0. The molecule has 0 fully saturated rings. The number of amides is 2. The Labute approximate surface area is 208 Å². The van der Waals surface area contributed by atoms with E-state index in [4.69, 9.17) is 19.3 Å². The maximum atomic E-state index is 13.8. The molecule has 0 bridgehead atoms. The number of aliphatic hydroxyl groups excluding tert-OH is 1. The molecular formula is C25H30FN3O7. The van der Waals surface area contributed by atoms with Crippen molar-refractivity contribution in [2.24, 2.45) is 4.99 Å². The number of nitrogens with zero attached hydrogens (tertiary/aromatic N) is 1. The molecule has 36 heavy (non-hydrogen) atoms. The van der Waals surface area contributed by atoms with Gasteiger partial charge in [-0.25, -0.2) is 18.8 Å². The molecular weight excluding hydrogens is 473 g/mol. The zero-order chi connectivity index (χ0) is 27.1. The third-order valence-corrected chi connectivity index (χ3v) is 4.00. The number of carbonyl (C=O) groups excluding carboxylic acids is 3. The van der Waals surface area contributed by atoms with Crippen LogP contribution < -0.4 is 15.4 Å². The van der Waals surface area contributed by atoms with Gasteiger partial charge in [-0.05, 0) is 71.9 Å². The maximum absolute atomic E-state index is 13.8. The van der Waals surface area contributed by atoms with Gasteiger partial charge >= 0.3 is 18.2 Å². The van der Waals surface area contributed by atoms with Gasteiger partial charge in [0.2, 0.25) is 5.96 Å². The van der Waals surface area contributed by atoms with Crippen LogP contribution >= 0.6 is 0 Å². The first-order chi connectivity index (χ1) is 16.6. The largest absolute Gasteiger partial charge is 0.444 e. The number of hydrogen-bond acceptors (Lipinski definition) is 7. The van der Waals surface area contributed by atoms with E-state index in [0.29, 0.717) is 5.69 Å². The Morgan fingerprint density at radius 1 is 0.944 bits per heavy atom. The second-order valence-electron chi connectivity index (χ2n) is 9.57. The minimum Gasteiger partial charge on any atom is -0.444 e. The van der Waals surface area contributed by atoms with Gasteiger partial charge in [-0.2, -0.15) is 0 Å². The van der Waals surface area contributed by atoms with Crippen molar-refractivity contribution in [1.82, 2.24) is 5.32 Å². The highest BCUT2D eigenvalue weighted by Gasteiger charge is 2.20. The Hall–Kier alpha value is -3.99. The minimum absolute atomic E-state index is 0.0229. The normalized spacial score (nSPS) is 11.9. The van der Waals surface area contributed by atoms with Crippen LogP contribution in [-0.4, -0.2) is 40.4 Å². The number of guanidine groups is 1. The number of rotatable bonds is 4. The summed E-state index contributed by atoms with van der Waals surface area (Å²) < 4.78 is 29.3. The van der Waals surface area contributed by atoms with Gasteiger partial charge in [-0.3, -0.25) is 5.32 Å². The zero-order valence-corrected chi connectivity index (χ0v) is 21.0. The van der Waals surface area contributed by atoms with Crippen LogP contribution in [0.3, 0.4) is 0 Å². The van der Waals surface area contributed by atoms with Gasteiger partial charge in [0.25, 0.3) is 0 Å². The quantitative estimate of drug-likeness (QED) is 0.235. The van der Waals surface area contributed by atoms with Crippen LogP contribution in [0.2, 0.25) is 0 Å². The Bertz CT molecular complexity index is 1130. The smallest absolute Gasteiger partial charge is 0.437 e. The van der Waals surface area contributed by atoms with Crippen molar-refractivity contribution >= 4 is 29.8 Å². The van der Waals surface area contributed by atoms with E-state index in [0.717, 1.165) is 6.07 Å². The van der Waals surface area contributed by atoms with Crippen LogP contribution in [0.25, 0.3) is 0 Å². The molecule has 2 aromatic rings. The fourth-order valence-electron chi connectivity index (χ4n) is 2.58. The monoisotopic (exact) mass is 503 g/mol. The van der Waals surface area contributed by atoms with Crippen molar-refractivity contribution in [2.75, 3.05) is 5.32 Å². The summed E-state index contributed by atoms with van der Waals surface area (Å²) in [5.74, 6) is -1.72. The van der Waals surface area contributed by atoms with Crippen LogP contribution in [0, 0.1) is 5.82 Å². The van der Waals surface area contributed by atoms with E-state index in [1.54, 1.807) is 41.5 Å². The molecule has 0 saturated heterocycles. The fourth-order valence-corrected chi connectivity index (χ4v) is 2.58. The number of benzene rings is 2. The summed E-state index contributed by atoms with van der Waals surface area (Å²) in [7, 11) is 0. The highest BCUT2D eigenvalue weighted by atomic mass is 19.1. The zero-order valence-electron chi connectivity index (χ0n) is 21.0. The highest BCUT2D eigenvalue weighted by molar-refractivity contribution is 6.06. The summed E-state index contributed by atoms with van der Waals surface area (Å²) in [5, 5.41) is 14.2. The number of nitrogens with one attached hydrogen (secondary N) is 2. The Morgan fingerprint density at radius 2 is 1.56 bits per heavy atom. The number of carbonyl (C=O) groups is 3. The highest BCUT2D eigenvalue weighted by Crippen LogP contribution is 2.19. The molecule has 194 valence electrons. The van der Waals surface area contributed by atoms with Crippen molar-refractivity contribution in [3.8, 4) is 5.75 Å². The first kappa shape index (κ1) is 28.2. The maximum Gasteiger partial charge on any atom is 0.437 e. The molecule has 0 spiro atoms. The Kier molecular flexibility index (Phi) is 9.12. The van der Waals surface area contributed by atoms with Crippen molar-refractivity contribution in [1.29, 1.82) is 0 Å². The lowest BCUT2D eigenvalue weighted by Gasteiger charge is -2.21. The van der Waals surface area contributed by atoms with E-state index in [1.165, 1.54) is 36.4 Å². The summed E-state index contributed by atoms with van der Waals surface area (Å²) in [4.78, 5) is 40.5. The second-order valence-corrected chi connectivity index (χ2v) is 9.57. The van der Waals surface area contributed by atoms with Gasteiger partial charge in [-0.15, -0.1) is 4.99 Å². The summed E-state index contributed by atoms with van der Waals surface area (Å²) in [6, 6.07) is 9.48. The van der Waals surface area contributed by atoms with Gasteiger partial charge in [0.05, 0.1) is 12.2 Å². The number of alkyl carbamates (subject to hydrolysis) is 1. The molecule has 0 aliphatic carbocycles. The molecule has 0 atom stereocenters. The lowest BCUT2D eigenvalue weighted by Crippen LogP contribution is -2.40. The van der Waals surface area contributed by atoms with Crippen LogP contribution in [0.5, 0.6) is 5.75 Å². The molecule has 0 heterocycles.